The van der Waals surface area contributed by atoms with Crippen LogP contribution in [0.4, 0.5) is 0 Å². The van der Waals surface area contributed by atoms with Gasteiger partial charge in [0.05, 0.1) is 23.7 Å². The van der Waals surface area contributed by atoms with Crippen LogP contribution in [0, 0.1) is 0 Å². The van der Waals surface area contributed by atoms with Crippen LogP contribution in [0.2, 0.25) is 5.02 Å². The first-order chi connectivity index (χ1) is 16.9. The molecule has 1 saturated heterocycles. The molecular weight excluding hydrogens is 462 g/mol. The van der Waals surface area contributed by atoms with Gasteiger partial charge in [-0.05, 0) is 62.1 Å². The summed E-state index contributed by atoms with van der Waals surface area (Å²) in [6.07, 6.45) is 0. The number of nitrogens with zero attached hydrogens (tertiary/aromatic N) is 3. The number of nitrogens with one attached hydrogen (secondary N) is 2. The second-order valence-electron chi connectivity index (χ2n) is 9.01. The molecule has 2 N–H and O–H groups in total. The van der Waals surface area contributed by atoms with E-state index in [4.69, 9.17) is 21.3 Å². The van der Waals surface area contributed by atoms with Gasteiger partial charge in [-0.15, -0.1) is 0 Å². The summed E-state index contributed by atoms with van der Waals surface area (Å²) in [5.74, 6) is 1.18. The van der Waals surface area contributed by atoms with Crippen LogP contribution in [0.15, 0.2) is 71.5 Å². The quantitative estimate of drug-likeness (QED) is 0.431. The Hall–Kier alpha value is -3.23. The van der Waals surface area contributed by atoms with E-state index in [1.807, 2.05) is 36.4 Å². The fourth-order valence-electron chi connectivity index (χ4n) is 4.71. The zero-order chi connectivity index (χ0) is 24.6. The SMILES string of the molecule is COc1ccc2nc(-c3ccc(C4(CN(C)C)NCCN4)cc3)n(-c3ccc(Cl)cc3)c(=O)c2c1. The van der Waals surface area contributed by atoms with Gasteiger partial charge in [-0.25, -0.2) is 4.98 Å². The molecule has 7 nitrogen and oxygen atoms in total. The number of methoxy groups -OCH3 is 1. The van der Waals surface area contributed by atoms with Crippen LogP contribution in [-0.2, 0) is 5.66 Å². The van der Waals surface area contributed by atoms with Gasteiger partial charge in [-0.2, -0.15) is 0 Å². The van der Waals surface area contributed by atoms with E-state index in [1.165, 1.54) is 0 Å². The standard InChI is InChI=1S/C27H28ClN5O2/c1-32(2)17-27(29-14-15-30-27)19-6-4-18(5-7-19)25-31-24-13-12-22(35-3)16-23(24)26(34)33(25)21-10-8-20(28)9-11-21/h4-13,16,29-30H,14-15,17H2,1-3H3. The second-order valence-corrected chi connectivity index (χ2v) is 9.45. The molecule has 0 aliphatic carbocycles. The lowest BCUT2D eigenvalue weighted by atomic mass is 9.98. The summed E-state index contributed by atoms with van der Waals surface area (Å²) in [6, 6.07) is 20.8. The summed E-state index contributed by atoms with van der Waals surface area (Å²) in [5.41, 5.74) is 2.81. The van der Waals surface area contributed by atoms with E-state index >= 15 is 0 Å². The van der Waals surface area contributed by atoms with Crippen LogP contribution >= 0.6 is 11.6 Å². The van der Waals surface area contributed by atoms with E-state index < -0.39 is 0 Å². The van der Waals surface area contributed by atoms with Gasteiger partial charge in [0.25, 0.3) is 5.56 Å². The Bertz CT molecular complexity index is 1410. The van der Waals surface area contributed by atoms with Gasteiger partial charge in [0.1, 0.15) is 17.2 Å². The number of ether oxygens (including phenoxy) is 1. The summed E-state index contributed by atoms with van der Waals surface area (Å²) in [5, 5.41) is 8.32. The number of likely N-dealkylation sites (N-methyl/N-ethyl adjacent to an activating group) is 1. The molecule has 4 aromatic rings. The highest BCUT2D eigenvalue weighted by Crippen LogP contribution is 2.28. The van der Waals surface area contributed by atoms with Crippen molar-refractivity contribution in [1.82, 2.24) is 25.1 Å². The van der Waals surface area contributed by atoms with E-state index in [-0.39, 0.29) is 11.2 Å². The second kappa shape index (κ2) is 9.43. The largest absolute Gasteiger partial charge is 0.497 e. The zero-order valence-electron chi connectivity index (χ0n) is 20.0. The Morgan fingerprint density at radius 2 is 1.71 bits per heavy atom. The van der Waals surface area contributed by atoms with Crippen molar-refractivity contribution in [2.75, 3.05) is 40.8 Å². The molecule has 0 bridgehead atoms. The summed E-state index contributed by atoms with van der Waals surface area (Å²) >= 11 is 6.12. The third-order valence-electron chi connectivity index (χ3n) is 6.33. The van der Waals surface area contributed by atoms with Gasteiger partial charge in [0, 0.05) is 30.2 Å². The molecule has 0 atom stereocenters. The van der Waals surface area contributed by atoms with E-state index in [0.717, 1.165) is 30.8 Å². The Kier molecular flexibility index (Phi) is 6.34. The van der Waals surface area contributed by atoms with Crippen molar-refractivity contribution in [3.05, 3.63) is 87.7 Å². The first kappa shape index (κ1) is 23.5. The lowest BCUT2D eigenvalue weighted by Crippen LogP contribution is -2.52. The van der Waals surface area contributed by atoms with Crippen molar-refractivity contribution in [2.24, 2.45) is 0 Å². The maximum absolute atomic E-state index is 13.7. The minimum atomic E-state index is -0.314. The predicted octanol–water partition coefficient (Wildman–Crippen LogP) is 3.62. The van der Waals surface area contributed by atoms with E-state index in [2.05, 4.69) is 41.8 Å². The summed E-state index contributed by atoms with van der Waals surface area (Å²) in [4.78, 5) is 20.8. The van der Waals surface area contributed by atoms with Crippen LogP contribution in [0.5, 0.6) is 5.75 Å². The van der Waals surface area contributed by atoms with Crippen LogP contribution < -0.4 is 20.9 Å². The molecule has 1 fully saturated rings. The van der Waals surface area contributed by atoms with Crippen LogP contribution in [0.1, 0.15) is 5.56 Å². The third kappa shape index (κ3) is 4.44. The Morgan fingerprint density at radius 3 is 2.34 bits per heavy atom. The van der Waals surface area contributed by atoms with Crippen LogP contribution in [0.25, 0.3) is 28.0 Å². The highest BCUT2D eigenvalue weighted by atomic mass is 35.5. The monoisotopic (exact) mass is 489 g/mol. The lowest BCUT2D eigenvalue weighted by molar-refractivity contribution is 0.235. The van der Waals surface area contributed by atoms with Crippen molar-refractivity contribution in [1.29, 1.82) is 0 Å². The molecule has 0 spiro atoms. The maximum Gasteiger partial charge on any atom is 0.266 e. The molecule has 1 aromatic heterocycles. The van der Waals surface area contributed by atoms with E-state index in [9.17, 15) is 4.79 Å². The third-order valence-corrected chi connectivity index (χ3v) is 6.58. The molecule has 1 aliphatic rings. The fraction of sp³-hybridized carbons (Fsp3) is 0.259. The number of hydrogen-bond donors (Lipinski definition) is 2. The predicted molar refractivity (Wildman–Crippen MR) is 141 cm³/mol. The van der Waals surface area contributed by atoms with E-state index in [0.29, 0.717) is 33.2 Å². The number of fused-ring (bicyclic) bond motifs is 1. The van der Waals surface area contributed by atoms with Crippen molar-refractivity contribution in [3.63, 3.8) is 0 Å². The highest BCUT2D eigenvalue weighted by Gasteiger charge is 2.35. The van der Waals surface area contributed by atoms with Crippen LogP contribution in [-0.4, -0.2) is 55.3 Å². The number of benzene rings is 3. The summed E-state index contributed by atoms with van der Waals surface area (Å²) in [6.45, 7) is 2.63. The van der Waals surface area contributed by atoms with Gasteiger partial charge in [-0.1, -0.05) is 35.9 Å². The molecule has 8 heteroatoms. The number of aromatic nitrogens is 2. The van der Waals surface area contributed by atoms with Crippen molar-refractivity contribution in [3.8, 4) is 22.8 Å². The topological polar surface area (TPSA) is 71.4 Å². The van der Waals surface area contributed by atoms with Crippen LogP contribution in [0.3, 0.4) is 0 Å². The van der Waals surface area contributed by atoms with Gasteiger partial charge in [0.2, 0.25) is 0 Å². The molecule has 0 amide bonds. The molecule has 1 aliphatic heterocycles. The number of hydrogen-bond acceptors (Lipinski definition) is 6. The first-order valence-corrected chi connectivity index (χ1v) is 11.9. The zero-order valence-corrected chi connectivity index (χ0v) is 20.8. The summed E-state index contributed by atoms with van der Waals surface area (Å²) in [7, 11) is 5.71. The molecule has 5 rings (SSSR count). The minimum Gasteiger partial charge on any atom is -0.497 e. The molecule has 0 radical (unpaired) electrons. The molecule has 35 heavy (non-hydrogen) atoms. The van der Waals surface area contributed by atoms with Gasteiger partial charge < -0.3 is 9.64 Å². The fourth-order valence-corrected chi connectivity index (χ4v) is 4.84. The Labute approximate surface area is 209 Å². The van der Waals surface area contributed by atoms with Crippen molar-refractivity contribution in [2.45, 2.75) is 5.66 Å². The Morgan fingerprint density at radius 1 is 1.03 bits per heavy atom. The number of rotatable bonds is 6. The normalized spacial score (nSPS) is 15.1. The van der Waals surface area contributed by atoms with Crippen molar-refractivity contribution < 1.29 is 4.74 Å². The van der Waals surface area contributed by atoms with E-state index in [1.54, 1.807) is 29.9 Å². The van der Waals surface area contributed by atoms with Gasteiger partial charge in [0.15, 0.2) is 0 Å². The average Bonchev–Trinajstić information content (AvgIpc) is 3.33. The smallest absolute Gasteiger partial charge is 0.266 e. The lowest BCUT2D eigenvalue weighted by Gasteiger charge is -2.33. The number of halogens is 1. The average molecular weight is 490 g/mol. The summed E-state index contributed by atoms with van der Waals surface area (Å²) < 4.78 is 6.98. The highest BCUT2D eigenvalue weighted by molar-refractivity contribution is 6.30. The Balaban J connectivity index is 1.67. The maximum atomic E-state index is 13.7. The minimum absolute atomic E-state index is 0.168. The van der Waals surface area contributed by atoms with Gasteiger partial charge >= 0.3 is 0 Å². The molecule has 3 aromatic carbocycles. The molecule has 180 valence electrons. The van der Waals surface area contributed by atoms with Gasteiger partial charge in [-0.3, -0.25) is 20.0 Å². The molecular formula is C27H28ClN5O2. The molecule has 2 heterocycles. The molecule has 0 unspecified atom stereocenters. The molecule has 0 saturated carbocycles. The van der Waals surface area contributed by atoms with Crippen molar-refractivity contribution >= 4 is 22.5 Å². The first-order valence-electron chi connectivity index (χ1n) is 11.5.